The Morgan fingerprint density at radius 1 is 1.15 bits per heavy atom. The van der Waals surface area contributed by atoms with Crippen molar-refractivity contribution in [3.63, 3.8) is 0 Å². The van der Waals surface area contributed by atoms with Gasteiger partial charge in [0, 0.05) is 17.0 Å². The Morgan fingerprint density at radius 2 is 1.89 bits per heavy atom. The van der Waals surface area contributed by atoms with Crippen LogP contribution in [0.15, 0.2) is 44.6 Å². The fraction of sp³-hybridized carbons (Fsp3) is 0.435. The number of hydrogen-bond acceptors (Lipinski definition) is 3. The van der Waals surface area contributed by atoms with Crippen LogP contribution >= 0.6 is 11.6 Å². The van der Waals surface area contributed by atoms with Crippen LogP contribution in [0.25, 0.3) is 11.0 Å². The van der Waals surface area contributed by atoms with Crippen molar-refractivity contribution in [2.75, 3.05) is 6.61 Å². The Kier molecular flexibility index (Phi) is 6.43. The summed E-state index contributed by atoms with van der Waals surface area (Å²) in [4.78, 5) is 12.3. The molecule has 0 N–H and O–H groups in total. The summed E-state index contributed by atoms with van der Waals surface area (Å²) in [5, 5.41) is 1.50. The molecule has 144 valence electrons. The Hall–Kier alpha value is -2.00. The first-order valence-electron chi connectivity index (χ1n) is 9.65. The van der Waals surface area contributed by atoms with Gasteiger partial charge in [0.05, 0.1) is 5.02 Å². The van der Waals surface area contributed by atoms with Gasteiger partial charge in [0.15, 0.2) is 0 Å². The number of allylic oxidation sites excluding steroid dienone is 3. The topological polar surface area (TPSA) is 39.4 Å². The molecule has 0 spiro atoms. The lowest BCUT2D eigenvalue weighted by Crippen LogP contribution is -2.15. The predicted molar refractivity (Wildman–Crippen MR) is 112 cm³/mol. The summed E-state index contributed by atoms with van der Waals surface area (Å²) in [5.74, 6) is 0.552. The number of aryl methyl sites for hydroxylation is 1. The molecular weight excluding hydrogens is 360 g/mol. The first-order chi connectivity index (χ1) is 13.0. The number of benzene rings is 1. The second-order valence-electron chi connectivity index (χ2n) is 7.51. The number of halogens is 1. The fourth-order valence-electron chi connectivity index (χ4n) is 3.52. The van der Waals surface area contributed by atoms with E-state index in [2.05, 4.69) is 32.9 Å². The smallest absolute Gasteiger partial charge is 0.339 e. The van der Waals surface area contributed by atoms with Crippen LogP contribution in [0.3, 0.4) is 0 Å². The molecule has 3 nitrogen and oxygen atoms in total. The number of rotatable bonds is 6. The van der Waals surface area contributed by atoms with Crippen molar-refractivity contribution >= 4 is 22.6 Å². The van der Waals surface area contributed by atoms with Crippen molar-refractivity contribution in [1.82, 2.24) is 0 Å². The molecule has 0 saturated heterocycles. The van der Waals surface area contributed by atoms with Crippen LogP contribution in [-0.4, -0.2) is 6.61 Å². The third-order valence-electron chi connectivity index (χ3n) is 5.04. The van der Waals surface area contributed by atoms with Gasteiger partial charge in [-0.1, -0.05) is 28.8 Å². The van der Waals surface area contributed by atoms with Crippen molar-refractivity contribution in [3.8, 4) is 5.75 Å². The van der Waals surface area contributed by atoms with Gasteiger partial charge in [-0.05, 0) is 77.0 Å². The Balaban J connectivity index is 1.77. The van der Waals surface area contributed by atoms with Crippen molar-refractivity contribution < 1.29 is 9.15 Å². The highest BCUT2D eigenvalue weighted by molar-refractivity contribution is 6.32. The molecule has 27 heavy (non-hydrogen) atoms. The maximum atomic E-state index is 12.3. The second kappa shape index (κ2) is 8.79. The van der Waals surface area contributed by atoms with Gasteiger partial charge in [-0.3, -0.25) is 0 Å². The van der Waals surface area contributed by atoms with E-state index in [1.54, 1.807) is 6.07 Å². The Bertz CT molecular complexity index is 946. The van der Waals surface area contributed by atoms with E-state index >= 15 is 0 Å². The van der Waals surface area contributed by atoms with Gasteiger partial charge < -0.3 is 9.15 Å². The lowest BCUT2D eigenvalue weighted by molar-refractivity contribution is 0.361. The van der Waals surface area contributed by atoms with E-state index in [9.17, 15) is 4.79 Å². The normalized spacial score (nSPS) is 14.1. The molecule has 1 aliphatic carbocycles. The van der Waals surface area contributed by atoms with Crippen LogP contribution in [0.2, 0.25) is 5.02 Å². The molecule has 1 aliphatic rings. The fourth-order valence-corrected chi connectivity index (χ4v) is 3.74. The number of hydrogen-bond donors (Lipinski definition) is 0. The van der Waals surface area contributed by atoms with Crippen LogP contribution < -0.4 is 10.4 Å². The summed E-state index contributed by atoms with van der Waals surface area (Å²) in [5.41, 5.74) is 4.87. The monoisotopic (exact) mass is 386 g/mol. The van der Waals surface area contributed by atoms with Gasteiger partial charge in [0.1, 0.15) is 17.9 Å². The summed E-state index contributed by atoms with van der Waals surface area (Å²) in [6, 6.07) is 3.63. The van der Waals surface area contributed by atoms with E-state index in [0.717, 1.165) is 55.0 Å². The maximum Gasteiger partial charge on any atom is 0.339 e. The molecule has 1 heterocycles. The van der Waals surface area contributed by atoms with Crippen LogP contribution in [-0.2, 0) is 12.8 Å². The third kappa shape index (κ3) is 4.84. The minimum Gasteiger partial charge on any atom is -0.488 e. The van der Waals surface area contributed by atoms with Crippen molar-refractivity contribution in [1.29, 1.82) is 0 Å². The molecule has 0 unspecified atom stereocenters. The highest BCUT2D eigenvalue weighted by Gasteiger charge is 2.19. The molecule has 4 heteroatoms. The largest absolute Gasteiger partial charge is 0.488 e. The molecule has 1 aromatic carbocycles. The molecule has 1 aromatic heterocycles. The Labute approximate surface area is 165 Å². The van der Waals surface area contributed by atoms with Crippen molar-refractivity contribution in [2.45, 2.75) is 59.3 Å². The number of fused-ring (bicyclic) bond motifs is 3. The predicted octanol–water partition coefficient (Wildman–Crippen LogP) is 6.40. The summed E-state index contributed by atoms with van der Waals surface area (Å²) >= 11 is 6.45. The summed E-state index contributed by atoms with van der Waals surface area (Å²) in [6.45, 7) is 6.77. The quantitative estimate of drug-likeness (QED) is 0.426. The van der Waals surface area contributed by atoms with E-state index in [1.807, 2.05) is 6.07 Å². The van der Waals surface area contributed by atoms with Gasteiger partial charge in [-0.2, -0.15) is 0 Å². The first kappa shape index (κ1) is 19.8. The molecule has 0 bridgehead atoms. The van der Waals surface area contributed by atoms with Gasteiger partial charge in [0.25, 0.3) is 0 Å². The lowest BCUT2D eigenvalue weighted by Gasteiger charge is -2.17. The van der Waals surface area contributed by atoms with E-state index in [1.165, 1.54) is 11.1 Å². The molecule has 0 saturated carbocycles. The molecule has 0 atom stereocenters. The number of ether oxygens (including phenoxy) is 1. The van der Waals surface area contributed by atoms with Gasteiger partial charge in [0.2, 0.25) is 0 Å². The van der Waals surface area contributed by atoms with Crippen LogP contribution in [0.5, 0.6) is 5.75 Å². The maximum absolute atomic E-state index is 12.3. The van der Waals surface area contributed by atoms with Crippen LogP contribution in [0.4, 0.5) is 0 Å². The van der Waals surface area contributed by atoms with Gasteiger partial charge in [-0.25, -0.2) is 4.79 Å². The van der Waals surface area contributed by atoms with Crippen molar-refractivity contribution in [3.05, 3.63) is 62.0 Å². The minimum absolute atomic E-state index is 0.222. The average molecular weight is 387 g/mol. The third-order valence-corrected chi connectivity index (χ3v) is 5.33. The first-order valence-corrected chi connectivity index (χ1v) is 10.0. The second-order valence-corrected chi connectivity index (χ2v) is 7.92. The summed E-state index contributed by atoms with van der Waals surface area (Å²) in [6.07, 6.45) is 10.2. The zero-order chi connectivity index (χ0) is 19.4. The van der Waals surface area contributed by atoms with Crippen molar-refractivity contribution in [2.24, 2.45) is 0 Å². The van der Waals surface area contributed by atoms with E-state index < -0.39 is 0 Å². The SMILES string of the molecule is CC(C)=CCC/C(C)=C\COc1cc2oc(=O)c3c(c2cc1Cl)CCCC3. The lowest BCUT2D eigenvalue weighted by atomic mass is 9.91. The van der Waals surface area contributed by atoms with E-state index in [-0.39, 0.29) is 5.63 Å². The van der Waals surface area contributed by atoms with Crippen LogP contribution in [0, 0.1) is 0 Å². The molecule has 3 rings (SSSR count). The highest BCUT2D eigenvalue weighted by atomic mass is 35.5. The molecule has 0 aliphatic heterocycles. The summed E-state index contributed by atoms with van der Waals surface area (Å²) in [7, 11) is 0. The zero-order valence-electron chi connectivity index (χ0n) is 16.4. The molecular formula is C23H27ClO3. The van der Waals surface area contributed by atoms with Gasteiger partial charge >= 0.3 is 5.63 Å². The molecule has 0 radical (unpaired) electrons. The highest BCUT2D eigenvalue weighted by Crippen LogP contribution is 2.34. The zero-order valence-corrected chi connectivity index (χ0v) is 17.1. The van der Waals surface area contributed by atoms with E-state index in [4.69, 9.17) is 20.8 Å². The molecule has 2 aromatic rings. The van der Waals surface area contributed by atoms with Crippen LogP contribution in [0.1, 0.15) is 57.6 Å². The molecule has 0 fully saturated rings. The van der Waals surface area contributed by atoms with Gasteiger partial charge in [-0.15, -0.1) is 0 Å². The van der Waals surface area contributed by atoms with E-state index in [0.29, 0.717) is 23.0 Å². The molecule has 0 amide bonds. The summed E-state index contributed by atoms with van der Waals surface area (Å²) < 4.78 is 11.4. The average Bonchev–Trinajstić information content (AvgIpc) is 2.63. The minimum atomic E-state index is -0.222. The standard InChI is InChI=1S/C23H27ClO3/c1-15(2)7-6-8-16(3)11-12-26-22-14-21-19(13-20(22)24)17-9-4-5-10-18(17)23(25)27-21/h7,11,13-14H,4-6,8-10,12H2,1-3H3/b16-11-. The Morgan fingerprint density at radius 3 is 2.63 bits per heavy atom.